The summed E-state index contributed by atoms with van der Waals surface area (Å²) in [7, 11) is 0. The molecule has 2 rings (SSSR count). The van der Waals surface area contributed by atoms with Crippen LogP contribution in [0.1, 0.15) is 12.6 Å². The maximum absolute atomic E-state index is 5.82. The number of hydrogen-bond donors (Lipinski definition) is 1. The van der Waals surface area contributed by atoms with Gasteiger partial charge in [0.2, 0.25) is 0 Å². The molecule has 2 heterocycles. The molecule has 2 aromatic rings. The predicted octanol–water partition coefficient (Wildman–Crippen LogP) is 3.14. The molecule has 0 aromatic carbocycles. The number of anilines is 1. The minimum Gasteiger partial charge on any atom is -0.486 e. The molecule has 0 fully saturated rings. The molecular formula is C13H14ClN3O. The first-order valence-electron chi connectivity index (χ1n) is 5.70. The fraction of sp³-hybridized carbons (Fsp3) is 0.231. The highest BCUT2D eigenvalue weighted by atomic mass is 35.5. The Morgan fingerprint density at radius 1 is 1.33 bits per heavy atom. The molecule has 0 radical (unpaired) electrons. The maximum Gasteiger partial charge on any atom is 0.139 e. The standard InChI is InChI=1S/C13H14ClN3O/c1-2-16-11-3-4-17-12(6-11)9-18-13-5-10(14)7-15-8-13/h3-8H,2,9H2,1H3,(H,16,17). The lowest BCUT2D eigenvalue weighted by molar-refractivity contribution is 0.300. The van der Waals surface area contributed by atoms with Gasteiger partial charge in [0.1, 0.15) is 12.4 Å². The van der Waals surface area contributed by atoms with Gasteiger partial charge in [0.25, 0.3) is 0 Å². The largest absolute Gasteiger partial charge is 0.486 e. The van der Waals surface area contributed by atoms with Crippen LogP contribution >= 0.6 is 11.6 Å². The van der Waals surface area contributed by atoms with Crippen molar-refractivity contribution >= 4 is 17.3 Å². The van der Waals surface area contributed by atoms with Crippen LogP contribution in [0.2, 0.25) is 5.02 Å². The third-order valence-electron chi connectivity index (χ3n) is 2.26. The van der Waals surface area contributed by atoms with Gasteiger partial charge in [-0.05, 0) is 19.1 Å². The van der Waals surface area contributed by atoms with Crippen molar-refractivity contribution in [3.8, 4) is 5.75 Å². The van der Waals surface area contributed by atoms with Gasteiger partial charge in [-0.3, -0.25) is 9.97 Å². The highest BCUT2D eigenvalue weighted by molar-refractivity contribution is 6.30. The minimum absolute atomic E-state index is 0.390. The van der Waals surface area contributed by atoms with E-state index in [1.807, 2.05) is 19.1 Å². The Morgan fingerprint density at radius 3 is 3.00 bits per heavy atom. The first kappa shape index (κ1) is 12.6. The van der Waals surface area contributed by atoms with Crippen molar-refractivity contribution in [1.82, 2.24) is 9.97 Å². The molecule has 0 amide bonds. The highest BCUT2D eigenvalue weighted by Crippen LogP contribution is 2.16. The van der Waals surface area contributed by atoms with Crippen molar-refractivity contribution in [1.29, 1.82) is 0 Å². The summed E-state index contributed by atoms with van der Waals surface area (Å²) >= 11 is 5.82. The average Bonchev–Trinajstić information content (AvgIpc) is 2.37. The van der Waals surface area contributed by atoms with E-state index >= 15 is 0 Å². The lowest BCUT2D eigenvalue weighted by atomic mass is 10.3. The lowest BCUT2D eigenvalue weighted by Crippen LogP contribution is -2.01. The van der Waals surface area contributed by atoms with E-state index in [0.29, 0.717) is 17.4 Å². The summed E-state index contributed by atoms with van der Waals surface area (Å²) in [4.78, 5) is 8.19. The van der Waals surface area contributed by atoms with Crippen LogP contribution in [-0.2, 0) is 6.61 Å². The van der Waals surface area contributed by atoms with E-state index in [2.05, 4.69) is 15.3 Å². The summed E-state index contributed by atoms with van der Waals surface area (Å²) in [5, 5.41) is 3.78. The van der Waals surface area contributed by atoms with E-state index in [1.54, 1.807) is 24.7 Å². The molecule has 1 N–H and O–H groups in total. The van der Waals surface area contributed by atoms with Crippen LogP contribution in [-0.4, -0.2) is 16.5 Å². The second kappa shape index (κ2) is 6.21. The van der Waals surface area contributed by atoms with Crippen LogP contribution in [0.25, 0.3) is 0 Å². The molecule has 2 aromatic heterocycles. The Hall–Kier alpha value is -1.81. The van der Waals surface area contributed by atoms with Gasteiger partial charge in [-0.2, -0.15) is 0 Å². The number of nitrogens with one attached hydrogen (secondary N) is 1. The smallest absolute Gasteiger partial charge is 0.139 e. The number of rotatable bonds is 5. The molecule has 0 aliphatic carbocycles. The second-order valence-corrected chi connectivity index (χ2v) is 4.13. The Morgan fingerprint density at radius 2 is 2.22 bits per heavy atom. The minimum atomic E-state index is 0.390. The Balaban J connectivity index is 1.99. The zero-order chi connectivity index (χ0) is 12.8. The number of nitrogens with zero attached hydrogens (tertiary/aromatic N) is 2. The van der Waals surface area contributed by atoms with Crippen LogP contribution in [0.3, 0.4) is 0 Å². The van der Waals surface area contributed by atoms with Gasteiger partial charge in [0.05, 0.1) is 16.9 Å². The zero-order valence-electron chi connectivity index (χ0n) is 10.1. The molecule has 0 aliphatic rings. The molecule has 18 heavy (non-hydrogen) atoms. The molecule has 94 valence electrons. The van der Waals surface area contributed by atoms with Gasteiger partial charge in [-0.1, -0.05) is 11.6 Å². The highest BCUT2D eigenvalue weighted by Gasteiger charge is 2.00. The number of pyridine rings is 2. The molecule has 0 saturated carbocycles. The first-order chi connectivity index (χ1) is 8.78. The summed E-state index contributed by atoms with van der Waals surface area (Å²) in [6, 6.07) is 5.61. The Labute approximate surface area is 111 Å². The Kier molecular flexibility index (Phi) is 4.36. The normalized spacial score (nSPS) is 10.1. The van der Waals surface area contributed by atoms with Gasteiger partial charge in [0.15, 0.2) is 0 Å². The fourth-order valence-electron chi connectivity index (χ4n) is 1.50. The summed E-state index contributed by atoms with van der Waals surface area (Å²) in [6.45, 7) is 3.32. The number of ether oxygens (including phenoxy) is 1. The van der Waals surface area contributed by atoms with Crippen molar-refractivity contribution in [3.05, 3.63) is 47.5 Å². The molecule has 0 aliphatic heterocycles. The van der Waals surface area contributed by atoms with Crippen molar-refractivity contribution in [2.24, 2.45) is 0 Å². The molecule has 5 heteroatoms. The summed E-state index contributed by atoms with van der Waals surface area (Å²) in [6.07, 6.45) is 4.95. The van der Waals surface area contributed by atoms with E-state index in [9.17, 15) is 0 Å². The molecule has 0 spiro atoms. The van der Waals surface area contributed by atoms with E-state index < -0.39 is 0 Å². The van der Waals surface area contributed by atoms with Crippen LogP contribution in [0, 0.1) is 0 Å². The van der Waals surface area contributed by atoms with E-state index in [4.69, 9.17) is 16.3 Å². The van der Waals surface area contributed by atoms with Crippen molar-refractivity contribution in [2.75, 3.05) is 11.9 Å². The van der Waals surface area contributed by atoms with Gasteiger partial charge in [0, 0.05) is 30.7 Å². The third kappa shape index (κ3) is 3.60. The SMILES string of the molecule is CCNc1ccnc(COc2cncc(Cl)c2)c1. The van der Waals surface area contributed by atoms with E-state index in [-0.39, 0.29) is 0 Å². The van der Waals surface area contributed by atoms with Crippen LogP contribution < -0.4 is 10.1 Å². The molecule has 0 saturated heterocycles. The topological polar surface area (TPSA) is 47.0 Å². The third-order valence-corrected chi connectivity index (χ3v) is 2.47. The molecule has 0 atom stereocenters. The van der Waals surface area contributed by atoms with Crippen molar-refractivity contribution in [2.45, 2.75) is 13.5 Å². The molecular weight excluding hydrogens is 250 g/mol. The van der Waals surface area contributed by atoms with E-state index in [1.165, 1.54) is 0 Å². The fourth-order valence-corrected chi connectivity index (χ4v) is 1.66. The average molecular weight is 264 g/mol. The monoisotopic (exact) mass is 263 g/mol. The van der Waals surface area contributed by atoms with Crippen LogP contribution in [0.5, 0.6) is 5.75 Å². The second-order valence-electron chi connectivity index (χ2n) is 3.69. The number of halogens is 1. The summed E-state index contributed by atoms with van der Waals surface area (Å²) < 4.78 is 5.57. The van der Waals surface area contributed by atoms with E-state index in [0.717, 1.165) is 17.9 Å². The van der Waals surface area contributed by atoms with Crippen molar-refractivity contribution in [3.63, 3.8) is 0 Å². The quantitative estimate of drug-likeness (QED) is 0.900. The van der Waals surface area contributed by atoms with Gasteiger partial charge < -0.3 is 10.1 Å². The van der Waals surface area contributed by atoms with Gasteiger partial charge >= 0.3 is 0 Å². The van der Waals surface area contributed by atoms with Crippen LogP contribution in [0.15, 0.2) is 36.8 Å². The van der Waals surface area contributed by atoms with Crippen molar-refractivity contribution < 1.29 is 4.74 Å². The molecule has 0 unspecified atom stereocenters. The predicted molar refractivity (Wildman–Crippen MR) is 72.0 cm³/mol. The van der Waals surface area contributed by atoms with Gasteiger partial charge in [-0.15, -0.1) is 0 Å². The molecule has 4 nitrogen and oxygen atoms in total. The lowest BCUT2D eigenvalue weighted by Gasteiger charge is -2.07. The van der Waals surface area contributed by atoms with Gasteiger partial charge in [-0.25, -0.2) is 0 Å². The zero-order valence-corrected chi connectivity index (χ0v) is 10.8. The maximum atomic E-state index is 5.82. The van der Waals surface area contributed by atoms with Crippen LogP contribution in [0.4, 0.5) is 5.69 Å². The summed E-state index contributed by atoms with van der Waals surface area (Å²) in [5.74, 6) is 0.637. The first-order valence-corrected chi connectivity index (χ1v) is 6.08. The summed E-state index contributed by atoms with van der Waals surface area (Å²) in [5.41, 5.74) is 1.89. The number of aromatic nitrogens is 2. The molecule has 0 bridgehead atoms. The number of hydrogen-bond acceptors (Lipinski definition) is 4. The Bertz CT molecular complexity index is 519.